The third kappa shape index (κ3) is 1.53. The quantitative estimate of drug-likeness (QED) is 0.588. The van der Waals surface area contributed by atoms with E-state index in [1.54, 1.807) is 11.3 Å². The predicted octanol–water partition coefficient (Wildman–Crippen LogP) is 5.34. The van der Waals surface area contributed by atoms with Crippen molar-refractivity contribution in [1.82, 2.24) is 0 Å². The molecule has 0 atom stereocenters. The first-order valence-electron chi connectivity index (χ1n) is 5.80. The highest BCUT2D eigenvalue weighted by Gasteiger charge is 2.13. The number of rotatable bonds is 0. The average molecular weight is 277 g/mol. The molecular formula is C15H13ClOS. The molecule has 1 heterocycles. The highest BCUT2D eigenvalue weighted by atomic mass is 35.5. The van der Waals surface area contributed by atoms with Gasteiger partial charge in [-0.15, -0.1) is 11.3 Å². The Morgan fingerprint density at radius 3 is 2.39 bits per heavy atom. The molecule has 3 aromatic rings. The van der Waals surface area contributed by atoms with Crippen molar-refractivity contribution in [3.05, 3.63) is 39.9 Å². The molecule has 0 aliphatic carbocycles. The predicted molar refractivity (Wildman–Crippen MR) is 80.2 cm³/mol. The van der Waals surface area contributed by atoms with Crippen molar-refractivity contribution in [3.63, 3.8) is 0 Å². The third-order valence-corrected chi connectivity index (χ3v) is 5.29. The Kier molecular flexibility index (Phi) is 2.54. The molecular weight excluding hydrogens is 264 g/mol. The second kappa shape index (κ2) is 3.87. The Morgan fingerprint density at radius 2 is 1.67 bits per heavy atom. The Labute approximate surface area is 115 Å². The number of aryl methyl sites for hydroxylation is 3. The van der Waals surface area contributed by atoms with Crippen LogP contribution in [0.3, 0.4) is 0 Å². The van der Waals surface area contributed by atoms with Crippen molar-refractivity contribution >= 4 is 43.1 Å². The Bertz CT molecular complexity index is 786. The van der Waals surface area contributed by atoms with Crippen LogP contribution in [-0.4, -0.2) is 5.11 Å². The molecule has 0 amide bonds. The normalized spacial score (nSPS) is 11.6. The molecule has 3 heteroatoms. The smallest absolute Gasteiger partial charge is 0.119 e. The van der Waals surface area contributed by atoms with Gasteiger partial charge < -0.3 is 5.11 Å². The molecule has 1 aromatic heterocycles. The van der Waals surface area contributed by atoms with E-state index >= 15 is 0 Å². The number of halogens is 1. The largest absolute Gasteiger partial charge is 0.508 e. The van der Waals surface area contributed by atoms with E-state index in [1.165, 1.54) is 15.5 Å². The number of benzene rings is 2. The number of phenols is 1. The minimum Gasteiger partial charge on any atom is -0.508 e. The van der Waals surface area contributed by atoms with Gasteiger partial charge in [-0.2, -0.15) is 0 Å². The van der Waals surface area contributed by atoms with E-state index in [2.05, 4.69) is 19.1 Å². The maximum Gasteiger partial charge on any atom is 0.119 e. The summed E-state index contributed by atoms with van der Waals surface area (Å²) in [5.74, 6) is 0.356. The summed E-state index contributed by atoms with van der Waals surface area (Å²) in [7, 11) is 0. The number of hydrogen-bond acceptors (Lipinski definition) is 2. The third-order valence-electron chi connectivity index (χ3n) is 3.42. The number of fused-ring (bicyclic) bond motifs is 3. The van der Waals surface area contributed by atoms with Gasteiger partial charge in [0.05, 0.1) is 0 Å². The van der Waals surface area contributed by atoms with Gasteiger partial charge in [-0.25, -0.2) is 0 Å². The van der Waals surface area contributed by atoms with Crippen LogP contribution in [0.5, 0.6) is 5.75 Å². The molecule has 2 aromatic carbocycles. The fourth-order valence-corrected chi connectivity index (χ4v) is 3.77. The van der Waals surface area contributed by atoms with E-state index in [0.29, 0.717) is 5.75 Å². The Balaban J connectivity index is 2.56. The zero-order chi connectivity index (χ0) is 13.0. The molecule has 0 radical (unpaired) electrons. The second-order valence-electron chi connectivity index (χ2n) is 4.75. The van der Waals surface area contributed by atoms with Crippen molar-refractivity contribution in [1.29, 1.82) is 0 Å². The summed E-state index contributed by atoms with van der Waals surface area (Å²) < 4.78 is 2.32. The van der Waals surface area contributed by atoms with Crippen molar-refractivity contribution in [2.24, 2.45) is 0 Å². The number of thiophene rings is 1. The van der Waals surface area contributed by atoms with Gasteiger partial charge in [0, 0.05) is 25.2 Å². The fraction of sp³-hybridized carbons (Fsp3) is 0.200. The highest BCUT2D eigenvalue weighted by Crippen LogP contribution is 2.41. The Morgan fingerprint density at radius 1 is 1.00 bits per heavy atom. The minimum atomic E-state index is 0.356. The summed E-state index contributed by atoms with van der Waals surface area (Å²) in [6.45, 7) is 6.01. The summed E-state index contributed by atoms with van der Waals surface area (Å²) >= 11 is 7.99. The first kappa shape index (κ1) is 11.8. The van der Waals surface area contributed by atoms with E-state index in [9.17, 15) is 5.11 Å². The van der Waals surface area contributed by atoms with Gasteiger partial charge in [-0.1, -0.05) is 11.6 Å². The van der Waals surface area contributed by atoms with Crippen molar-refractivity contribution in [2.45, 2.75) is 20.8 Å². The summed E-state index contributed by atoms with van der Waals surface area (Å²) in [4.78, 5) is 0. The van der Waals surface area contributed by atoms with Crippen LogP contribution in [0.4, 0.5) is 0 Å². The highest BCUT2D eigenvalue weighted by molar-refractivity contribution is 7.26. The van der Waals surface area contributed by atoms with Gasteiger partial charge in [-0.3, -0.25) is 0 Å². The van der Waals surface area contributed by atoms with Crippen LogP contribution in [0.15, 0.2) is 18.2 Å². The summed E-state index contributed by atoms with van der Waals surface area (Å²) in [6, 6.07) is 6.04. The first-order valence-corrected chi connectivity index (χ1v) is 7.00. The fourth-order valence-electron chi connectivity index (χ4n) is 2.36. The minimum absolute atomic E-state index is 0.356. The van der Waals surface area contributed by atoms with Gasteiger partial charge in [0.2, 0.25) is 0 Å². The molecule has 1 N–H and O–H groups in total. The van der Waals surface area contributed by atoms with Crippen LogP contribution in [-0.2, 0) is 0 Å². The summed E-state index contributed by atoms with van der Waals surface area (Å²) in [5.41, 5.74) is 3.14. The van der Waals surface area contributed by atoms with Gasteiger partial charge >= 0.3 is 0 Å². The molecule has 0 saturated carbocycles. The Hall–Kier alpha value is -1.25. The SMILES string of the molecule is Cc1cc2c(cc1O)sc1c(C)c(Cl)c(C)cc12. The van der Waals surface area contributed by atoms with E-state index in [1.807, 2.05) is 19.9 Å². The number of aromatic hydroxyl groups is 1. The molecule has 18 heavy (non-hydrogen) atoms. The number of phenolic OH excluding ortho intramolecular Hbond substituents is 1. The van der Waals surface area contributed by atoms with Crippen molar-refractivity contribution in [2.75, 3.05) is 0 Å². The molecule has 92 valence electrons. The lowest BCUT2D eigenvalue weighted by molar-refractivity contribution is 0.472. The summed E-state index contributed by atoms with van der Waals surface area (Å²) in [6.07, 6.45) is 0. The molecule has 3 rings (SSSR count). The van der Waals surface area contributed by atoms with E-state index < -0.39 is 0 Å². The average Bonchev–Trinajstić information content (AvgIpc) is 2.66. The van der Waals surface area contributed by atoms with Crippen LogP contribution in [0.2, 0.25) is 5.02 Å². The van der Waals surface area contributed by atoms with Gasteiger partial charge in [-0.05, 0) is 55.7 Å². The van der Waals surface area contributed by atoms with Crippen LogP contribution in [0, 0.1) is 20.8 Å². The lowest BCUT2D eigenvalue weighted by Gasteiger charge is -2.04. The van der Waals surface area contributed by atoms with Crippen LogP contribution in [0.25, 0.3) is 20.2 Å². The van der Waals surface area contributed by atoms with E-state index in [0.717, 1.165) is 26.4 Å². The zero-order valence-corrected chi connectivity index (χ0v) is 12.0. The molecule has 0 aliphatic rings. The molecule has 0 saturated heterocycles. The van der Waals surface area contributed by atoms with Crippen LogP contribution >= 0.6 is 22.9 Å². The first-order chi connectivity index (χ1) is 8.49. The van der Waals surface area contributed by atoms with E-state index in [-0.39, 0.29) is 0 Å². The van der Waals surface area contributed by atoms with Crippen molar-refractivity contribution in [3.8, 4) is 5.75 Å². The maximum atomic E-state index is 9.80. The lowest BCUT2D eigenvalue weighted by atomic mass is 10.0. The van der Waals surface area contributed by atoms with Gasteiger partial charge in [0.25, 0.3) is 0 Å². The standard InChI is InChI=1S/C15H13ClOS/c1-7-4-10-11-5-8(2)14(16)9(3)15(11)18-13(10)6-12(7)17/h4-6,17H,1-3H3. The molecule has 0 spiro atoms. The second-order valence-corrected chi connectivity index (χ2v) is 6.18. The number of hydrogen-bond donors (Lipinski definition) is 1. The summed E-state index contributed by atoms with van der Waals surface area (Å²) in [5, 5.41) is 13.1. The zero-order valence-electron chi connectivity index (χ0n) is 10.5. The van der Waals surface area contributed by atoms with Gasteiger partial charge in [0.1, 0.15) is 5.75 Å². The lowest BCUT2D eigenvalue weighted by Crippen LogP contribution is -1.81. The van der Waals surface area contributed by atoms with E-state index in [4.69, 9.17) is 11.6 Å². The molecule has 0 fully saturated rings. The monoisotopic (exact) mass is 276 g/mol. The maximum absolute atomic E-state index is 9.80. The van der Waals surface area contributed by atoms with Crippen LogP contribution < -0.4 is 0 Å². The molecule has 0 aliphatic heterocycles. The molecule has 0 unspecified atom stereocenters. The molecule has 0 bridgehead atoms. The van der Waals surface area contributed by atoms with Crippen LogP contribution in [0.1, 0.15) is 16.7 Å². The molecule has 1 nitrogen and oxygen atoms in total. The van der Waals surface area contributed by atoms with Crippen molar-refractivity contribution < 1.29 is 5.11 Å². The topological polar surface area (TPSA) is 20.2 Å². The van der Waals surface area contributed by atoms with Gasteiger partial charge in [0.15, 0.2) is 0 Å².